The highest BCUT2D eigenvalue weighted by atomic mass is 79.9. The van der Waals surface area contributed by atoms with E-state index in [1.165, 1.54) is 0 Å². The zero-order valence-electron chi connectivity index (χ0n) is 9.89. The molecule has 4 nitrogen and oxygen atoms in total. The van der Waals surface area contributed by atoms with Crippen molar-refractivity contribution in [1.82, 2.24) is 5.32 Å². The van der Waals surface area contributed by atoms with Gasteiger partial charge in [0.15, 0.2) is 5.82 Å². The molecule has 8 heteroatoms. The Hall–Kier alpha value is -0.470. The first kappa shape index (κ1) is 14.9. The van der Waals surface area contributed by atoms with E-state index in [2.05, 4.69) is 37.2 Å². The molecule has 1 N–H and O–H groups in total. The van der Waals surface area contributed by atoms with Gasteiger partial charge < -0.3 is 10.1 Å². The minimum absolute atomic E-state index is 0.0608. The Morgan fingerprint density at radius 2 is 2.11 bits per heavy atom. The molecule has 1 aromatic rings. The number of thiophene rings is 1. The summed E-state index contributed by atoms with van der Waals surface area (Å²) in [5.41, 5.74) is -0.970. The summed E-state index contributed by atoms with van der Waals surface area (Å²) < 4.78 is 19.4. The van der Waals surface area contributed by atoms with Crippen molar-refractivity contribution in [3.05, 3.63) is 19.0 Å². The maximum absolute atomic E-state index is 13.8. The van der Waals surface area contributed by atoms with Crippen molar-refractivity contribution in [2.45, 2.75) is 25.3 Å². The smallest absolute Gasteiger partial charge is 0.331 e. The molecule has 0 radical (unpaired) electrons. The molecule has 0 aromatic carbocycles. The molecule has 0 unspecified atom stereocenters. The van der Waals surface area contributed by atoms with Crippen molar-refractivity contribution in [2.24, 2.45) is 0 Å². The average molecular weight is 415 g/mol. The lowest BCUT2D eigenvalue weighted by atomic mass is 10.2. The number of halogens is 3. The van der Waals surface area contributed by atoms with E-state index < -0.39 is 23.2 Å². The molecular formula is C11H10Br2FNO3S. The highest BCUT2D eigenvalue weighted by molar-refractivity contribution is 9.13. The predicted octanol–water partition coefficient (Wildman–Crippen LogP) is 3.24. The zero-order valence-corrected chi connectivity index (χ0v) is 13.9. The van der Waals surface area contributed by atoms with E-state index in [0.717, 1.165) is 11.3 Å². The quantitative estimate of drug-likeness (QED) is 0.769. The highest BCUT2D eigenvalue weighted by Crippen LogP contribution is 2.39. The van der Waals surface area contributed by atoms with E-state index in [9.17, 15) is 14.0 Å². The van der Waals surface area contributed by atoms with Gasteiger partial charge in [-0.15, -0.1) is 11.3 Å². The first-order valence-electron chi connectivity index (χ1n) is 5.54. The summed E-state index contributed by atoms with van der Waals surface area (Å²) in [6, 6.07) is 0. The van der Waals surface area contributed by atoms with Crippen LogP contribution in [0.25, 0.3) is 0 Å². The Labute approximate surface area is 130 Å². The Kier molecular flexibility index (Phi) is 4.32. The number of hydrogen-bond donors (Lipinski definition) is 1. The fraction of sp³-hybridized carbons (Fsp3) is 0.455. The number of esters is 1. The van der Waals surface area contributed by atoms with Gasteiger partial charge in [-0.2, -0.15) is 0 Å². The number of carbonyl (C=O) groups excluding carboxylic acids is 2. The number of hydrogen-bond acceptors (Lipinski definition) is 4. The van der Waals surface area contributed by atoms with Crippen molar-refractivity contribution >= 4 is 55.1 Å². The number of rotatable bonds is 4. The second kappa shape index (κ2) is 5.49. The average Bonchev–Trinajstić information content (AvgIpc) is 3.09. The molecule has 104 valence electrons. The molecule has 1 heterocycles. The third-order valence-electron chi connectivity index (χ3n) is 2.73. The van der Waals surface area contributed by atoms with E-state index in [4.69, 9.17) is 4.74 Å². The molecule has 1 aliphatic rings. The number of amides is 1. The molecule has 0 atom stereocenters. The minimum atomic E-state index is -0.970. The van der Waals surface area contributed by atoms with E-state index >= 15 is 0 Å². The first-order chi connectivity index (χ1) is 8.91. The van der Waals surface area contributed by atoms with Gasteiger partial charge in [0.1, 0.15) is 10.4 Å². The molecule has 1 aromatic heterocycles. The third kappa shape index (κ3) is 2.85. The summed E-state index contributed by atoms with van der Waals surface area (Å²) in [7, 11) is 0. The second-order valence-electron chi connectivity index (χ2n) is 4.09. The van der Waals surface area contributed by atoms with Crippen LogP contribution in [0.3, 0.4) is 0 Å². The molecular weight excluding hydrogens is 405 g/mol. The Morgan fingerprint density at radius 1 is 1.47 bits per heavy atom. The maximum Gasteiger partial charge on any atom is 0.331 e. The van der Waals surface area contributed by atoms with Crippen LogP contribution in [0.1, 0.15) is 29.4 Å². The van der Waals surface area contributed by atoms with Crippen LogP contribution in [0.4, 0.5) is 4.39 Å². The van der Waals surface area contributed by atoms with E-state index in [0.29, 0.717) is 16.6 Å². The molecule has 0 spiro atoms. The largest absolute Gasteiger partial charge is 0.464 e. The maximum atomic E-state index is 13.8. The van der Waals surface area contributed by atoms with Crippen LogP contribution >= 0.6 is 43.2 Å². The lowest BCUT2D eigenvalue weighted by Crippen LogP contribution is -2.44. The van der Waals surface area contributed by atoms with E-state index in [-0.39, 0.29) is 16.0 Å². The summed E-state index contributed by atoms with van der Waals surface area (Å²) in [4.78, 5) is 23.6. The van der Waals surface area contributed by atoms with Gasteiger partial charge in [-0.05, 0) is 51.6 Å². The number of carbonyl (C=O) groups is 2. The van der Waals surface area contributed by atoms with Gasteiger partial charge in [0.2, 0.25) is 0 Å². The summed E-state index contributed by atoms with van der Waals surface area (Å²) in [5.74, 6) is -1.69. The zero-order chi connectivity index (χ0) is 14.2. The SMILES string of the molecule is CCOC(=O)C1(NC(=O)c2sc(Br)c(Br)c2F)CC1. The highest BCUT2D eigenvalue weighted by Gasteiger charge is 2.53. The fourth-order valence-electron chi connectivity index (χ4n) is 1.56. The fourth-order valence-corrected chi connectivity index (χ4v) is 3.49. The molecule has 1 saturated carbocycles. The van der Waals surface area contributed by atoms with Crippen LogP contribution in [-0.4, -0.2) is 24.0 Å². The van der Waals surface area contributed by atoms with Crippen LogP contribution in [0.5, 0.6) is 0 Å². The van der Waals surface area contributed by atoms with Crippen LogP contribution in [0.15, 0.2) is 8.26 Å². The summed E-state index contributed by atoms with van der Waals surface area (Å²) in [6.07, 6.45) is 1.04. The van der Waals surface area contributed by atoms with Gasteiger partial charge in [0, 0.05) is 0 Å². The summed E-state index contributed by atoms with van der Waals surface area (Å²) >= 11 is 7.15. The number of nitrogens with one attached hydrogen (secondary N) is 1. The standard InChI is InChI=1S/C11H10Br2FNO3S/c1-2-18-10(17)11(3-4-11)15-9(16)7-6(14)5(12)8(13)19-7/h2-4H2,1H3,(H,15,16). The minimum Gasteiger partial charge on any atom is -0.464 e. The van der Waals surface area contributed by atoms with Gasteiger partial charge in [-0.3, -0.25) is 4.79 Å². The van der Waals surface area contributed by atoms with Gasteiger partial charge >= 0.3 is 5.97 Å². The van der Waals surface area contributed by atoms with E-state index in [1.807, 2.05) is 0 Å². The Morgan fingerprint density at radius 3 is 2.53 bits per heavy atom. The Balaban J connectivity index is 2.13. The molecule has 0 aliphatic heterocycles. The second-order valence-corrected chi connectivity index (χ2v) is 7.22. The van der Waals surface area contributed by atoms with E-state index in [1.54, 1.807) is 6.92 Å². The topological polar surface area (TPSA) is 55.4 Å². The van der Waals surface area contributed by atoms with Crippen molar-refractivity contribution in [1.29, 1.82) is 0 Å². The molecule has 2 rings (SSSR count). The van der Waals surface area contributed by atoms with Gasteiger partial charge in [-0.1, -0.05) is 0 Å². The molecule has 0 bridgehead atoms. The normalized spacial score (nSPS) is 16.0. The van der Waals surface area contributed by atoms with Crippen molar-refractivity contribution in [2.75, 3.05) is 6.61 Å². The van der Waals surface area contributed by atoms with Crippen molar-refractivity contribution in [3.63, 3.8) is 0 Å². The van der Waals surface area contributed by atoms with Gasteiger partial charge in [-0.25, -0.2) is 9.18 Å². The van der Waals surface area contributed by atoms with Crippen LogP contribution in [-0.2, 0) is 9.53 Å². The molecule has 1 fully saturated rings. The Bertz CT molecular complexity index is 542. The molecule has 1 aliphatic carbocycles. The van der Waals surface area contributed by atoms with Gasteiger partial charge in [0.05, 0.1) is 14.9 Å². The number of ether oxygens (including phenoxy) is 1. The molecule has 1 amide bonds. The molecule has 0 saturated heterocycles. The van der Waals surface area contributed by atoms with Crippen molar-refractivity contribution in [3.8, 4) is 0 Å². The summed E-state index contributed by atoms with van der Waals surface area (Å²) in [5, 5.41) is 2.56. The third-order valence-corrected chi connectivity index (χ3v) is 6.10. The van der Waals surface area contributed by atoms with Crippen LogP contribution in [0, 0.1) is 5.82 Å². The lowest BCUT2D eigenvalue weighted by Gasteiger charge is -2.15. The first-order valence-corrected chi connectivity index (χ1v) is 7.94. The monoisotopic (exact) mass is 413 g/mol. The van der Waals surface area contributed by atoms with Crippen LogP contribution in [0.2, 0.25) is 0 Å². The lowest BCUT2D eigenvalue weighted by molar-refractivity contribution is -0.146. The van der Waals surface area contributed by atoms with Crippen molar-refractivity contribution < 1.29 is 18.7 Å². The predicted molar refractivity (Wildman–Crippen MR) is 75.7 cm³/mol. The van der Waals surface area contributed by atoms with Gasteiger partial charge in [0.25, 0.3) is 5.91 Å². The molecule has 19 heavy (non-hydrogen) atoms. The summed E-state index contributed by atoms with van der Waals surface area (Å²) in [6.45, 7) is 1.95. The van der Waals surface area contributed by atoms with Crippen LogP contribution < -0.4 is 5.32 Å².